The number of furan rings is 1. The first-order valence-corrected chi connectivity index (χ1v) is 5.48. The Labute approximate surface area is 98.1 Å². The Morgan fingerprint density at radius 3 is 3.06 bits per heavy atom. The van der Waals surface area contributed by atoms with Gasteiger partial charge >= 0.3 is 5.97 Å². The molecular formula is C13H12O4. The van der Waals surface area contributed by atoms with Crippen LogP contribution in [0.1, 0.15) is 22.8 Å². The minimum Gasteiger partial charge on any atom is -0.495 e. The van der Waals surface area contributed by atoms with Gasteiger partial charge in [0.2, 0.25) is 0 Å². The lowest BCUT2D eigenvalue weighted by molar-refractivity contribution is 0.0297. The molecular weight excluding hydrogens is 220 g/mol. The van der Waals surface area contributed by atoms with Crippen LogP contribution in [-0.2, 0) is 11.2 Å². The molecule has 4 nitrogen and oxygen atoms in total. The predicted molar refractivity (Wildman–Crippen MR) is 61.3 cm³/mol. The van der Waals surface area contributed by atoms with E-state index in [4.69, 9.17) is 13.9 Å². The predicted octanol–water partition coefficient (Wildman–Crippen LogP) is 2.54. The number of carbonyl (C=O) groups is 1. The van der Waals surface area contributed by atoms with Crippen molar-refractivity contribution in [3.8, 4) is 5.75 Å². The van der Waals surface area contributed by atoms with Crippen LogP contribution < -0.4 is 4.74 Å². The van der Waals surface area contributed by atoms with Crippen molar-refractivity contribution >= 4 is 16.9 Å². The Morgan fingerprint density at radius 2 is 2.29 bits per heavy atom. The molecule has 0 amide bonds. The van der Waals surface area contributed by atoms with E-state index in [0.29, 0.717) is 17.7 Å². The fraction of sp³-hybridized carbons (Fsp3) is 0.308. The Kier molecular flexibility index (Phi) is 2.11. The number of carbonyl (C=O) groups excluding carboxylic acids is 1. The molecule has 2 heterocycles. The number of cyclic esters (lactones) is 1. The molecule has 1 aliphatic rings. The summed E-state index contributed by atoms with van der Waals surface area (Å²) in [6.45, 7) is 1.87. The van der Waals surface area contributed by atoms with Gasteiger partial charge in [-0.1, -0.05) is 0 Å². The molecule has 2 aromatic rings. The van der Waals surface area contributed by atoms with Crippen molar-refractivity contribution in [3.63, 3.8) is 0 Å². The van der Waals surface area contributed by atoms with Crippen LogP contribution in [0.5, 0.6) is 5.75 Å². The molecule has 4 heteroatoms. The first-order chi connectivity index (χ1) is 8.20. The molecule has 0 bridgehead atoms. The van der Waals surface area contributed by atoms with Crippen LogP contribution in [-0.4, -0.2) is 19.2 Å². The van der Waals surface area contributed by atoms with Gasteiger partial charge in [0.25, 0.3) is 0 Å². The largest absolute Gasteiger partial charge is 0.495 e. The van der Waals surface area contributed by atoms with Gasteiger partial charge in [0.1, 0.15) is 23.0 Å². The van der Waals surface area contributed by atoms with Gasteiger partial charge in [0.05, 0.1) is 18.8 Å². The summed E-state index contributed by atoms with van der Waals surface area (Å²) in [5.74, 6) is 0.224. The van der Waals surface area contributed by atoms with E-state index in [0.717, 1.165) is 16.5 Å². The standard InChI is InChI=1S/C13H12O4/c1-7-5-8-6-10-9(3-4-16-10)12(15-2)11(8)13(14)17-7/h3-4,6-7H,5H2,1-2H3/t7-/m0/s1. The summed E-state index contributed by atoms with van der Waals surface area (Å²) in [4.78, 5) is 11.9. The van der Waals surface area contributed by atoms with Crippen molar-refractivity contribution in [1.82, 2.24) is 0 Å². The fourth-order valence-electron chi connectivity index (χ4n) is 2.32. The van der Waals surface area contributed by atoms with Crippen LogP contribution in [0.2, 0.25) is 0 Å². The van der Waals surface area contributed by atoms with Crippen molar-refractivity contribution < 1.29 is 18.7 Å². The first-order valence-electron chi connectivity index (χ1n) is 5.48. The van der Waals surface area contributed by atoms with E-state index in [1.165, 1.54) is 0 Å². The second-order valence-electron chi connectivity index (χ2n) is 4.20. The Balaban J connectivity index is 2.34. The van der Waals surface area contributed by atoms with Gasteiger partial charge in [-0.2, -0.15) is 0 Å². The topological polar surface area (TPSA) is 48.7 Å². The Hall–Kier alpha value is -1.97. The van der Waals surface area contributed by atoms with Gasteiger partial charge in [-0.25, -0.2) is 4.79 Å². The van der Waals surface area contributed by atoms with Crippen molar-refractivity contribution in [2.24, 2.45) is 0 Å². The molecule has 0 aliphatic carbocycles. The molecule has 88 valence electrons. The number of esters is 1. The third kappa shape index (κ3) is 1.40. The van der Waals surface area contributed by atoms with Crippen molar-refractivity contribution in [2.45, 2.75) is 19.4 Å². The molecule has 1 atom stereocenters. The zero-order valence-corrected chi connectivity index (χ0v) is 9.65. The first kappa shape index (κ1) is 10.2. The molecule has 0 saturated heterocycles. The summed E-state index contributed by atoms with van der Waals surface area (Å²) in [5, 5.41) is 0.803. The van der Waals surface area contributed by atoms with E-state index in [-0.39, 0.29) is 12.1 Å². The third-order valence-electron chi connectivity index (χ3n) is 3.02. The van der Waals surface area contributed by atoms with E-state index in [2.05, 4.69) is 0 Å². The molecule has 1 aromatic carbocycles. The maximum Gasteiger partial charge on any atom is 0.342 e. The number of fused-ring (bicyclic) bond motifs is 2. The van der Waals surface area contributed by atoms with Crippen LogP contribution >= 0.6 is 0 Å². The maximum atomic E-state index is 11.9. The van der Waals surface area contributed by atoms with Crippen molar-refractivity contribution in [3.05, 3.63) is 29.5 Å². The minimum absolute atomic E-state index is 0.105. The van der Waals surface area contributed by atoms with Gasteiger partial charge in [0, 0.05) is 6.42 Å². The summed E-state index contributed by atoms with van der Waals surface area (Å²) >= 11 is 0. The molecule has 0 unspecified atom stereocenters. The molecule has 3 rings (SSSR count). The highest BCUT2D eigenvalue weighted by Gasteiger charge is 2.29. The highest BCUT2D eigenvalue weighted by Crippen LogP contribution is 2.36. The van der Waals surface area contributed by atoms with Gasteiger partial charge in [0.15, 0.2) is 0 Å². The zero-order valence-electron chi connectivity index (χ0n) is 9.65. The normalized spacial score (nSPS) is 18.9. The zero-order chi connectivity index (χ0) is 12.0. The SMILES string of the molecule is COc1c2c(cc3occc13)C[C@H](C)OC2=O. The quantitative estimate of drug-likeness (QED) is 0.709. The van der Waals surface area contributed by atoms with Crippen LogP contribution in [0.15, 0.2) is 22.8 Å². The Morgan fingerprint density at radius 1 is 1.47 bits per heavy atom. The molecule has 1 aromatic heterocycles. The number of benzene rings is 1. The van der Waals surface area contributed by atoms with Crippen LogP contribution in [0.4, 0.5) is 0 Å². The smallest absolute Gasteiger partial charge is 0.342 e. The van der Waals surface area contributed by atoms with E-state index < -0.39 is 0 Å². The Bertz CT molecular complexity index is 597. The molecule has 0 spiro atoms. The van der Waals surface area contributed by atoms with E-state index >= 15 is 0 Å². The number of ether oxygens (including phenoxy) is 2. The highest BCUT2D eigenvalue weighted by molar-refractivity contribution is 6.02. The molecule has 0 fully saturated rings. The molecule has 0 saturated carbocycles. The van der Waals surface area contributed by atoms with Gasteiger partial charge in [-0.15, -0.1) is 0 Å². The van der Waals surface area contributed by atoms with Crippen molar-refractivity contribution in [2.75, 3.05) is 7.11 Å². The van der Waals surface area contributed by atoms with Crippen LogP contribution in [0.3, 0.4) is 0 Å². The van der Waals surface area contributed by atoms with Crippen molar-refractivity contribution in [1.29, 1.82) is 0 Å². The maximum absolute atomic E-state index is 11.9. The molecule has 0 N–H and O–H groups in total. The van der Waals surface area contributed by atoms with Crippen LogP contribution in [0, 0.1) is 0 Å². The number of hydrogen-bond donors (Lipinski definition) is 0. The highest BCUT2D eigenvalue weighted by atomic mass is 16.5. The van der Waals surface area contributed by atoms with E-state index in [1.54, 1.807) is 19.4 Å². The van der Waals surface area contributed by atoms with Gasteiger partial charge in [-0.3, -0.25) is 0 Å². The van der Waals surface area contributed by atoms with Gasteiger partial charge in [-0.05, 0) is 24.6 Å². The average molecular weight is 232 g/mol. The number of methoxy groups -OCH3 is 1. The van der Waals surface area contributed by atoms with E-state index in [9.17, 15) is 4.79 Å². The lowest BCUT2D eigenvalue weighted by atomic mass is 9.96. The van der Waals surface area contributed by atoms with Gasteiger partial charge < -0.3 is 13.9 Å². The lowest BCUT2D eigenvalue weighted by Crippen LogP contribution is -2.25. The molecule has 1 aliphatic heterocycles. The second kappa shape index (κ2) is 3.52. The average Bonchev–Trinajstić information content (AvgIpc) is 2.73. The monoisotopic (exact) mass is 232 g/mol. The summed E-state index contributed by atoms with van der Waals surface area (Å²) in [5.41, 5.74) is 2.19. The van der Waals surface area contributed by atoms with E-state index in [1.807, 2.05) is 13.0 Å². The third-order valence-corrected chi connectivity index (χ3v) is 3.02. The molecule has 0 radical (unpaired) electrons. The summed E-state index contributed by atoms with van der Waals surface area (Å²) in [7, 11) is 1.55. The summed E-state index contributed by atoms with van der Waals surface area (Å²) < 4.78 is 15.9. The number of rotatable bonds is 1. The second-order valence-corrected chi connectivity index (χ2v) is 4.20. The minimum atomic E-state index is -0.321. The lowest BCUT2D eigenvalue weighted by Gasteiger charge is -2.23. The fourth-order valence-corrected chi connectivity index (χ4v) is 2.32. The molecule has 17 heavy (non-hydrogen) atoms. The summed E-state index contributed by atoms with van der Waals surface area (Å²) in [6, 6.07) is 3.68. The van der Waals surface area contributed by atoms with Crippen LogP contribution in [0.25, 0.3) is 11.0 Å². The number of hydrogen-bond acceptors (Lipinski definition) is 4. The summed E-state index contributed by atoms with van der Waals surface area (Å²) in [6.07, 6.45) is 2.17.